The number of aliphatic hydroxyl groups is 1. The van der Waals surface area contributed by atoms with Crippen LogP contribution in [-0.2, 0) is 13.9 Å². The lowest BCUT2D eigenvalue weighted by Gasteiger charge is -2.36. The van der Waals surface area contributed by atoms with Gasteiger partial charge >= 0.3 is 5.97 Å². The molecule has 29 heavy (non-hydrogen) atoms. The van der Waals surface area contributed by atoms with Crippen molar-refractivity contribution < 1.29 is 23.8 Å². The van der Waals surface area contributed by atoms with E-state index in [4.69, 9.17) is 13.9 Å². The van der Waals surface area contributed by atoms with Gasteiger partial charge in [-0.2, -0.15) is 0 Å². The Morgan fingerprint density at radius 3 is 2.31 bits per heavy atom. The molecule has 2 rings (SSSR count). The van der Waals surface area contributed by atoms with Gasteiger partial charge in [0, 0.05) is 0 Å². The summed E-state index contributed by atoms with van der Waals surface area (Å²) in [7, 11) is -1.81. The Labute approximate surface area is 176 Å². The number of hydrogen-bond donors (Lipinski definition) is 1. The number of benzene rings is 1. The number of carbonyl (C=O) groups excluding carboxylic acids is 1. The first-order chi connectivity index (χ1) is 13.2. The van der Waals surface area contributed by atoms with Crippen LogP contribution in [-0.4, -0.2) is 49.4 Å². The molecule has 0 aliphatic carbocycles. The van der Waals surface area contributed by atoms with Gasteiger partial charge in [-0.15, -0.1) is 0 Å². The van der Waals surface area contributed by atoms with Gasteiger partial charge in [0.25, 0.3) is 0 Å². The van der Waals surface area contributed by atoms with Crippen molar-refractivity contribution in [3.05, 3.63) is 35.9 Å². The Hall–Kier alpha value is -1.21. The third-order valence-electron chi connectivity index (χ3n) is 6.39. The summed E-state index contributed by atoms with van der Waals surface area (Å²) in [6.45, 7) is 17.1. The van der Waals surface area contributed by atoms with E-state index >= 15 is 0 Å². The van der Waals surface area contributed by atoms with Crippen molar-refractivity contribution >= 4 is 14.3 Å². The van der Waals surface area contributed by atoms with E-state index in [2.05, 4.69) is 40.8 Å². The van der Waals surface area contributed by atoms with Crippen molar-refractivity contribution in [1.82, 2.24) is 0 Å². The van der Waals surface area contributed by atoms with E-state index in [-0.39, 0.29) is 16.7 Å². The normalized spacial score (nSPS) is 23.6. The van der Waals surface area contributed by atoms with Gasteiger partial charge in [0.1, 0.15) is 12.2 Å². The molecule has 1 unspecified atom stereocenters. The maximum absolute atomic E-state index is 12.4. The van der Waals surface area contributed by atoms with Gasteiger partial charge in [-0.05, 0) is 63.9 Å². The van der Waals surface area contributed by atoms with Crippen LogP contribution in [0.15, 0.2) is 30.3 Å². The second-order valence-corrected chi connectivity index (χ2v) is 15.3. The Bertz CT molecular complexity index is 689. The molecule has 1 aromatic rings. The molecule has 0 spiro atoms. The lowest BCUT2D eigenvalue weighted by molar-refractivity contribution is -0.0694. The van der Waals surface area contributed by atoms with E-state index in [0.717, 1.165) is 0 Å². The summed E-state index contributed by atoms with van der Waals surface area (Å²) in [5, 5.41) is 10.7. The largest absolute Gasteiger partial charge is 0.456 e. The molecule has 1 saturated heterocycles. The molecule has 3 atom stereocenters. The minimum absolute atomic E-state index is 0.0453. The first-order valence-electron chi connectivity index (χ1n) is 10.5. The van der Waals surface area contributed by atoms with Crippen LogP contribution in [0.2, 0.25) is 18.1 Å². The predicted molar refractivity (Wildman–Crippen MR) is 118 cm³/mol. The van der Waals surface area contributed by atoms with Crippen molar-refractivity contribution in [2.75, 3.05) is 6.61 Å². The Morgan fingerprint density at radius 1 is 1.21 bits per heavy atom. The molecule has 1 fully saturated rings. The van der Waals surface area contributed by atoms with E-state index in [9.17, 15) is 9.90 Å². The maximum atomic E-state index is 12.4. The van der Waals surface area contributed by atoms with Crippen LogP contribution in [0.1, 0.15) is 64.7 Å². The molecule has 5 nitrogen and oxygen atoms in total. The molecule has 1 aromatic carbocycles. The van der Waals surface area contributed by atoms with Gasteiger partial charge in [0.2, 0.25) is 0 Å². The van der Waals surface area contributed by atoms with Crippen molar-refractivity contribution in [2.24, 2.45) is 0 Å². The second kappa shape index (κ2) is 8.50. The van der Waals surface area contributed by atoms with Crippen molar-refractivity contribution in [3.8, 4) is 0 Å². The van der Waals surface area contributed by atoms with Gasteiger partial charge in [0.15, 0.2) is 8.32 Å². The summed E-state index contributed by atoms with van der Waals surface area (Å²) in [5.41, 5.74) is -0.954. The van der Waals surface area contributed by atoms with Crippen LogP contribution in [0.5, 0.6) is 0 Å². The second-order valence-electron chi connectivity index (χ2n) is 10.4. The zero-order valence-electron chi connectivity index (χ0n) is 19.2. The summed E-state index contributed by atoms with van der Waals surface area (Å²) in [6, 6.07) is 8.86. The highest BCUT2D eigenvalue weighted by Gasteiger charge is 2.53. The van der Waals surface area contributed by atoms with E-state index in [1.807, 2.05) is 6.07 Å². The number of ether oxygens (including phenoxy) is 2. The van der Waals surface area contributed by atoms with Crippen LogP contribution >= 0.6 is 0 Å². The molecule has 1 aliphatic heterocycles. The van der Waals surface area contributed by atoms with Crippen LogP contribution < -0.4 is 0 Å². The highest BCUT2D eigenvalue weighted by Crippen LogP contribution is 2.44. The predicted octanol–water partition coefficient (Wildman–Crippen LogP) is 4.94. The van der Waals surface area contributed by atoms with E-state index in [1.165, 1.54) is 0 Å². The number of rotatable bonds is 9. The zero-order chi connectivity index (χ0) is 22.1. The summed E-state index contributed by atoms with van der Waals surface area (Å²) >= 11 is 0. The molecular weight excluding hydrogens is 384 g/mol. The topological polar surface area (TPSA) is 68.3 Å². The van der Waals surface area contributed by atoms with E-state index in [0.29, 0.717) is 25.0 Å². The van der Waals surface area contributed by atoms with Crippen molar-refractivity contribution in [2.45, 2.75) is 95.9 Å². The number of esters is 1. The maximum Gasteiger partial charge on any atom is 0.338 e. The molecule has 0 aromatic heterocycles. The number of hydrogen-bond acceptors (Lipinski definition) is 5. The highest BCUT2D eigenvalue weighted by molar-refractivity contribution is 6.74. The fourth-order valence-electron chi connectivity index (χ4n) is 2.97. The fourth-order valence-corrected chi connectivity index (χ4v) is 3.97. The van der Waals surface area contributed by atoms with Gasteiger partial charge < -0.3 is 19.0 Å². The first kappa shape index (κ1) is 24.1. The highest BCUT2D eigenvalue weighted by atomic mass is 28.4. The molecule has 1 aliphatic rings. The summed E-state index contributed by atoms with van der Waals surface area (Å²) in [4.78, 5) is 12.4. The number of epoxide rings is 1. The summed E-state index contributed by atoms with van der Waals surface area (Å²) < 4.78 is 17.9. The van der Waals surface area contributed by atoms with Crippen molar-refractivity contribution in [3.63, 3.8) is 0 Å². The van der Waals surface area contributed by atoms with E-state index < -0.39 is 26.0 Å². The third-order valence-corrected chi connectivity index (χ3v) is 10.9. The molecule has 0 bridgehead atoms. The molecule has 1 heterocycles. The van der Waals surface area contributed by atoms with E-state index in [1.54, 1.807) is 38.1 Å². The van der Waals surface area contributed by atoms with Gasteiger partial charge in [-0.1, -0.05) is 39.0 Å². The molecular formula is C23H38O5Si. The summed E-state index contributed by atoms with van der Waals surface area (Å²) in [5.74, 6) is -0.419. The van der Waals surface area contributed by atoms with Gasteiger partial charge in [0.05, 0.1) is 23.4 Å². The Morgan fingerprint density at radius 2 is 1.79 bits per heavy atom. The smallest absolute Gasteiger partial charge is 0.338 e. The molecule has 6 heteroatoms. The molecule has 0 amide bonds. The average molecular weight is 423 g/mol. The monoisotopic (exact) mass is 422 g/mol. The molecule has 0 saturated carbocycles. The standard InChI is InChI=1S/C23H38O5Si/c1-21(2,3)29(7,8)26-16-19-23(6,28-19)15-14-18(22(4,5)25)27-20(24)17-12-10-9-11-13-17/h9-13,18-19,25H,14-16H2,1-8H3/t18?,19-,23-/m1/s1. The Balaban J connectivity index is 1.91. The van der Waals surface area contributed by atoms with Crippen LogP contribution in [0.3, 0.4) is 0 Å². The van der Waals surface area contributed by atoms with Gasteiger partial charge in [-0.3, -0.25) is 0 Å². The van der Waals surface area contributed by atoms with Crippen LogP contribution in [0, 0.1) is 0 Å². The quantitative estimate of drug-likeness (QED) is 0.347. The molecule has 0 radical (unpaired) electrons. The Kier molecular flexibility index (Phi) is 7.05. The zero-order valence-corrected chi connectivity index (χ0v) is 20.2. The summed E-state index contributed by atoms with van der Waals surface area (Å²) in [6.07, 6.45) is 0.645. The number of carbonyl (C=O) groups is 1. The fraction of sp³-hybridized carbons (Fsp3) is 0.696. The minimum Gasteiger partial charge on any atom is -0.456 e. The van der Waals surface area contributed by atoms with Gasteiger partial charge in [-0.25, -0.2) is 4.79 Å². The van der Waals surface area contributed by atoms with Crippen LogP contribution in [0.4, 0.5) is 0 Å². The lowest BCUT2D eigenvalue weighted by Crippen LogP contribution is -2.42. The lowest BCUT2D eigenvalue weighted by atomic mass is 9.92. The average Bonchev–Trinajstić information content (AvgIpc) is 3.26. The minimum atomic E-state index is -1.81. The third kappa shape index (κ3) is 6.38. The first-order valence-corrected chi connectivity index (χ1v) is 13.4. The van der Waals surface area contributed by atoms with Crippen molar-refractivity contribution in [1.29, 1.82) is 0 Å². The SMILES string of the molecule is CC(C)(O)C(CC[C@@]1(C)O[C@@H]1CO[Si](C)(C)C(C)(C)C)OC(=O)c1ccccc1. The molecule has 164 valence electrons. The van der Waals surface area contributed by atoms with Crippen LogP contribution in [0.25, 0.3) is 0 Å². The molecule has 1 N–H and O–H groups in total.